The average Bonchev–Trinajstić information content (AvgIpc) is 1.31. The van der Waals surface area contributed by atoms with Gasteiger partial charge in [-0.3, -0.25) is 0 Å². The van der Waals surface area contributed by atoms with E-state index in [9.17, 15) is 0 Å². The van der Waals surface area contributed by atoms with E-state index in [2.05, 4.69) is 6.92 Å². The van der Waals surface area contributed by atoms with Gasteiger partial charge in [0, 0.05) is 0 Å². The fourth-order valence-electron chi connectivity index (χ4n) is 0. The highest BCUT2D eigenvalue weighted by Crippen LogP contribution is 2.17. The molecule has 0 spiro atoms. The van der Waals surface area contributed by atoms with E-state index < -0.39 is 6.10 Å². The molecule has 1 radical (unpaired) electrons. The smallest absolute Gasteiger partial charge is 0.0589 e. The fourth-order valence-corrected chi connectivity index (χ4v) is 0. The van der Waals surface area contributed by atoms with E-state index in [4.69, 9.17) is 5.11 Å². The van der Waals surface area contributed by atoms with Gasteiger partial charge in [0.25, 0.3) is 0 Å². The first-order chi connectivity index (χ1) is 2.94. The Morgan fingerprint density at radius 1 is 1.33 bits per heavy atom. The zero-order chi connectivity index (χ0) is 6.08. The van der Waals surface area contributed by atoms with Crippen molar-refractivity contribution < 1.29 is 5.11 Å². The molecule has 0 aromatic heterocycles. The van der Waals surface area contributed by atoms with Gasteiger partial charge in [0.1, 0.15) is 0 Å². The lowest BCUT2D eigenvalue weighted by Gasteiger charge is -2.20. The summed E-state index contributed by atoms with van der Waals surface area (Å²) in [6.07, 6.45) is -0.451. The van der Waals surface area contributed by atoms with Crippen molar-refractivity contribution >= 4 is 12.4 Å². The molecule has 1 atom stereocenters. The van der Waals surface area contributed by atoms with Crippen molar-refractivity contribution in [3.8, 4) is 0 Å². The van der Waals surface area contributed by atoms with Crippen LogP contribution in [0.1, 0.15) is 20.8 Å². The Bertz CT molecular complexity index is 58.6. The second kappa shape index (κ2) is 5.03. The van der Waals surface area contributed by atoms with Crippen molar-refractivity contribution in [1.82, 2.24) is 6.15 Å². The van der Waals surface area contributed by atoms with Gasteiger partial charge in [0.15, 0.2) is 0 Å². The predicted molar refractivity (Wildman–Crippen MR) is 43.1 cm³/mol. The molecule has 0 rings (SSSR count). The van der Waals surface area contributed by atoms with Gasteiger partial charge in [-0.2, -0.15) is 0 Å². The van der Waals surface area contributed by atoms with Crippen molar-refractivity contribution in [1.29, 1.82) is 0 Å². The molecule has 1 unspecified atom stereocenters. The Balaban J connectivity index is -0.000000180. The molecule has 0 aliphatic carbocycles. The van der Waals surface area contributed by atoms with Gasteiger partial charge >= 0.3 is 0 Å². The molecular weight excluding hydrogens is 138 g/mol. The van der Waals surface area contributed by atoms with Gasteiger partial charge in [-0.15, -0.1) is 12.4 Å². The first-order valence-corrected chi connectivity index (χ1v) is 2.46. The molecule has 0 aliphatic rings. The van der Waals surface area contributed by atoms with Crippen LogP contribution in [0, 0.1) is 12.3 Å². The summed E-state index contributed by atoms with van der Waals surface area (Å²) in [5, 5.41) is 8.78. The maximum atomic E-state index is 8.78. The number of hydrogen-bond donors (Lipinski definition) is 2. The van der Waals surface area contributed by atoms with Gasteiger partial charge in [-0.25, -0.2) is 0 Å². The highest BCUT2D eigenvalue weighted by atomic mass is 35.5. The molecule has 4 N–H and O–H groups in total. The molecule has 0 heterocycles. The minimum atomic E-state index is -0.451. The Morgan fingerprint density at radius 3 is 1.44 bits per heavy atom. The lowest BCUT2D eigenvalue weighted by molar-refractivity contribution is 0.103. The van der Waals surface area contributed by atoms with Crippen molar-refractivity contribution in [2.24, 2.45) is 5.41 Å². The third-order valence-corrected chi connectivity index (χ3v) is 1.000. The van der Waals surface area contributed by atoms with Crippen LogP contribution in [-0.2, 0) is 0 Å². The van der Waals surface area contributed by atoms with Crippen LogP contribution in [-0.4, -0.2) is 11.2 Å². The van der Waals surface area contributed by atoms with E-state index in [-0.39, 0.29) is 24.0 Å². The molecule has 0 bridgehead atoms. The van der Waals surface area contributed by atoms with Crippen LogP contribution in [0.4, 0.5) is 0 Å². The number of aliphatic hydroxyl groups excluding tert-OH is 1. The van der Waals surface area contributed by atoms with Gasteiger partial charge < -0.3 is 11.3 Å². The van der Waals surface area contributed by atoms with Crippen molar-refractivity contribution in [2.45, 2.75) is 26.9 Å². The van der Waals surface area contributed by atoms with Gasteiger partial charge in [-0.05, 0) is 12.3 Å². The van der Waals surface area contributed by atoms with E-state index in [1.807, 2.05) is 20.8 Å². The average molecular weight is 155 g/mol. The molecule has 0 aliphatic heterocycles. The first kappa shape index (κ1) is 16.1. The Morgan fingerprint density at radius 2 is 1.44 bits per heavy atom. The van der Waals surface area contributed by atoms with Gasteiger partial charge in [-0.1, -0.05) is 20.8 Å². The maximum absolute atomic E-state index is 8.78. The number of halogens is 1. The molecule has 0 fully saturated rings. The summed E-state index contributed by atoms with van der Waals surface area (Å²) in [5.41, 5.74) is -0.0556. The van der Waals surface area contributed by atoms with E-state index in [0.29, 0.717) is 0 Å². The van der Waals surface area contributed by atoms with Crippen LogP contribution < -0.4 is 6.15 Å². The molecule has 0 amide bonds. The lowest BCUT2D eigenvalue weighted by atomic mass is 9.91. The minimum absolute atomic E-state index is 0. The highest BCUT2D eigenvalue weighted by molar-refractivity contribution is 5.85. The summed E-state index contributed by atoms with van der Waals surface area (Å²) >= 11 is 0. The quantitative estimate of drug-likeness (QED) is 0.559. The standard InChI is InChI=1S/C6H13O.ClH.H3N/c1-5(7)6(2,3)4;;/h5,7H,1H2,2-4H3;1H;1H3. The second-order valence-corrected chi connectivity index (χ2v) is 2.88. The Labute approximate surface area is 63.6 Å². The van der Waals surface area contributed by atoms with E-state index in [1.165, 1.54) is 0 Å². The third kappa shape index (κ3) is 8.21. The van der Waals surface area contributed by atoms with Crippen LogP contribution in [0.15, 0.2) is 0 Å². The summed E-state index contributed by atoms with van der Waals surface area (Å²) in [4.78, 5) is 0. The number of aliphatic hydroxyl groups is 1. The van der Waals surface area contributed by atoms with Gasteiger partial charge in [0.2, 0.25) is 0 Å². The Kier molecular flexibility index (Phi) is 9.00. The highest BCUT2D eigenvalue weighted by Gasteiger charge is 2.15. The zero-order valence-corrected chi connectivity index (χ0v) is 7.16. The van der Waals surface area contributed by atoms with Crippen LogP contribution in [0.3, 0.4) is 0 Å². The molecule has 0 aromatic rings. The molecule has 0 saturated heterocycles. The first-order valence-electron chi connectivity index (χ1n) is 2.46. The minimum Gasteiger partial charge on any atom is -0.393 e. The predicted octanol–water partition coefficient (Wildman–Crippen LogP) is 1.81. The van der Waals surface area contributed by atoms with Crippen LogP contribution in [0.2, 0.25) is 0 Å². The Hall–Kier alpha value is 0.210. The van der Waals surface area contributed by atoms with Crippen LogP contribution >= 0.6 is 12.4 Å². The lowest BCUT2D eigenvalue weighted by Crippen LogP contribution is -2.22. The maximum Gasteiger partial charge on any atom is 0.0589 e. The van der Waals surface area contributed by atoms with Crippen LogP contribution in [0.25, 0.3) is 0 Å². The molecular formula is C6H17ClNO. The molecule has 0 saturated carbocycles. The number of rotatable bonds is 0. The van der Waals surface area contributed by atoms with Crippen molar-refractivity contribution in [3.05, 3.63) is 6.92 Å². The van der Waals surface area contributed by atoms with E-state index >= 15 is 0 Å². The van der Waals surface area contributed by atoms with E-state index in [1.54, 1.807) is 0 Å². The molecule has 2 nitrogen and oxygen atoms in total. The van der Waals surface area contributed by atoms with E-state index in [0.717, 1.165) is 0 Å². The van der Waals surface area contributed by atoms with Crippen molar-refractivity contribution in [2.75, 3.05) is 0 Å². The summed E-state index contributed by atoms with van der Waals surface area (Å²) in [6.45, 7) is 9.31. The molecule has 0 aromatic carbocycles. The largest absolute Gasteiger partial charge is 0.393 e. The third-order valence-electron chi connectivity index (χ3n) is 1.000. The second-order valence-electron chi connectivity index (χ2n) is 2.88. The fraction of sp³-hybridized carbons (Fsp3) is 0.833. The number of hydrogen-bond acceptors (Lipinski definition) is 2. The monoisotopic (exact) mass is 154 g/mol. The topological polar surface area (TPSA) is 55.2 Å². The summed E-state index contributed by atoms with van der Waals surface area (Å²) in [6, 6.07) is 0. The van der Waals surface area contributed by atoms with Crippen molar-refractivity contribution in [3.63, 3.8) is 0 Å². The normalized spacial score (nSPS) is 13.0. The summed E-state index contributed by atoms with van der Waals surface area (Å²) < 4.78 is 0. The SMILES string of the molecule is Cl.N.[CH2]C(O)C(C)(C)C. The molecule has 59 valence electrons. The zero-order valence-electron chi connectivity index (χ0n) is 6.35. The summed E-state index contributed by atoms with van der Waals surface area (Å²) in [5.74, 6) is 0. The summed E-state index contributed by atoms with van der Waals surface area (Å²) in [7, 11) is 0. The van der Waals surface area contributed by atoms with Gasteiger partial charge in [0.05, 0.1) is 6.10 Å². The molecule has 3 heteroatoms. The van der Waals surface area contributed by atoms with Crippen LogP contribution in [0.5, 0.6) is 0 Å². The molecule has 9 heavy (non-hydrogen) atoms.